The van der Waals surface area contributed by atoms with Gasteiger partial charge >= 0.3 is 0 Å². The van der Waals surface area contributed by atoms with Gasteiger partial charge in [-0.3, -0.25) is 4.98 Å². The topological polar surface area (TPSA) is 38.9 Å². The molecule has 94 valence electrons. The molecule has 0 bridgehead atoms. The van der Waals surface area contributed by atoms with Gasteiger partial charge in [0.25, 0.3) is 0 Å². The lowest BCUT2D eigenvalue weighted by Crippen LogP contribution is -2.04. The first-order chi connectivity index (χ1) is 8.61. The lowest BCUT2D eigenvalue weighted by molar-refractivity contribution is 0.945. The maximum atomic E-state index is 6.18. The zero-order valence-corrected chi connectivity index (χ0v) is 12.0. The maximum absolute atomic E-state index is 6.18. The van der Waals surface area contributed by atoms with Crippen molar-refractivity contribution in [1.82, 2.24) is 4.98 Å². The summed E-state index contributed by atoms with van der Waals surface area (Å²) in [5, 5.41) is 0.762. The van der Waals surface area contributed by atoms with Crippen LogP contribution < -0.4 is 5.73 Å². The lowest BCUT2D eigenvalue weighted by atomic mass is 10.2. The first kappa shape index (κ1) is 13.4. The third-order valence-corrected chi connectivity index (χ3v) is 4.28. The SMILES string of the molecule is Cc1cc(Sc2ccccc2Cl)c(CN)c(C)n1. The van der Waals surface area contributed by atoms with Gasteiger partial charge in [-0.15, -0.1) is 0 Å². The van der Waals surface area contributed by atoms with E-state index in [1.54, 1.807) is 11.8 Å². The Balaban J connectivity index is 2.43. The number of aromatic nitrogens is 1. The predicted molar refractivity (Wildman–Crippen MR) is 77.2 cm³/mol. The van der Waals surface area contributed by atoms with Crippen molar-refractivity contribution in [2.75, 3.05) is 0 Å². The van der Waals surface area contributed by atoms with E-state index in [0.29, 0.717) is 6.54 Å². The minimum Gasteiger partial charge on any atom is -0.326 e. The molecule has 0 aliphatic heterocycles. The molecule has 1 heterocycles. The van der Waals surface area contributed by atoms with E-state index in [9.17, 15) is 0 Å². The fraction of sp³-hybridized carbons (Fsp3) is 0.214. The monoisotopic (exact) mass is 278 g/mol. The van der Waals surface area contributed by atoms with Crippen molar-refractivity contribution in [2.24, 2.45) is 5.73 Å². The maximum Gasteiger partial charge on any atom is 0.0545 e. The Hall–Kier alpha value is -1.03. The first-order valence-electron chi connectivity index (χ1n) is 5.71. The summed E-state index contributed by atoms with van der Waals surface area (Å²) >= 11 is 7.82. The van der Waals surface area contributed by atoms with E-state index in [0.717, 1.165) is 31.8 Å². The zero-order chi connectivity index (χ0) is 13.1. The molecule has 0 radical (unpaired) electrons. The summed E-state index contributed by atoms with van der Waals surface area (Å²) in [5.41, 5.74) is 8.89. The predicted octanol–water partition coefficient (Wildman–Crippen LogP) is 3.96. The van der Waals surface area contributed by atoms with E-state index in [1.165, 1.54) is 0 Å². The van der Waals surface area contributed by atoms with Crippen molar-refractivity contribution in [3.63, 3.8) is 0 Å². The van der Waals surface area contributed by atoms with Gasteiger partial charge in [0.1, 0.15) is 0 Å². The van der Waals surface area contributed by atoms with Gasteiger partial charge in [0.15, 0.2) is 0 Å². The summed E-state index contributed by atoms with van der Waals surface area (Å²) in [6.45, 7) is 4.47. The summed E-state index contributed by atoms with van der Waals surface area (Å²) in [4.78, 5) is 6.62. The summed E-state index contributed by atoms with van der Waals surface area (Å²) in [6, 6.07) is 9.88. The van der Waals surface area contributed by atoms with E-state index in [1.807, 2.05) is 38.1 Å². The highest BCUT2D eigenvalue weighted by Crippen LogP contribution is 2.35. The molecule has 0 spiro atoms. The molecule has 0 atom stereocenters. The van der Waals surface area contributed by atoms with Gasteiger partial charge in [-0.05, 0) is 32.0 Å². The molecular weight excluding hydrogens is 264 g/mol. The molecule has 0 aliphatic carbocycles. The third kappa shape index (κ3) is 2.86. The smallest absolute Gasteiger partial charge is 0.0545 e. The lowest BCUT2D eigenvalue weighted by Gasteiger charge is -2.12. The Morgan fingerprint density at radius 1 is 1.22 bits per heavy atom. The minimum absolute atomic E-state index is 0.492. The van der Waals surface area contributed by atoms with Gasteiger partial charge in [-0.1, -0.05) is 35.5 Å². The number of aryl methyl sites for hydroxylation is 2. The first-order valence-corrected chi connectivity index (χ1v) is 6.91. The van der Waals surface area contributed by atoms with Gasteiger partial charge in [0, 0.05) is 33.3 Å². The van der Waals surface area contributed by atoms with Crippen LogP contribution in [0.15, 0.2) is 40.1 Å². The summed E-state index contributed by atoms with van der Waals surface area (Å²) < 4.78 is 0. The van der Waals surface area contributed by atoms with Crippen molar-refractivity contribution in [1.29, 1.82) is 0 Å². The summed E-state index contributed by atoms with van der Waals surface area (Å²) in [6.07, 6.45) is 0. The number of nitrogens with two attached hydrogens (primary N) is 1. The normalized spacial score (nSPS) is 10.7. The molecule has 0 unspecified atom stereocenters. The number of nitrogens with zero attached hydrogens (tertiary/aromatic N) is 1. The Kier molecular flexibility index (Phi) is 4.27. The molecular formula is C14H15ClN2S. The second-order valence-corrected chi connectivity index (χ2v) is 5.55. The summed E-state index contributed by atoms with van der Waals surface area (Å²) in [5.74, 6) is 0. The Morgan fingerprint density at radius 3 is 2.61 bits per heavy atom. The molecule has 0 saturated heterocycles. The fourth-order valence-electron chi connectivity index (χ4n) is 1.80. The number of rotatable bonds is 3. The van der Waals surface area contributed by atoms with Crippen molar-refractivity contribution >= 4 is 23.4 Å². The van der Waals surface area contributed by atoms with Crippen LogP contribution in [0, 0.1) is 13.8 Å². The number of benzene rings is 1. The number of hydrogen-bond acceptors (Lipinski definition) is 3. The average molecular weight is 279 g/mol. The van der Waals surface area contributed by atoms with Crippen LogP contribution in [0.5, 0.6) is 0 Å². The molecule has 1 aromatic heterocycles. The molecule has 0 aliphatic rings. The van der Waals surface area contributed by atoms with Crippen LogP contribution in [0.1, 0.15) is 17.0 Å². The molecule has 2 N–H and O–H groups in total. The molecule has 0 amide bonds. The molecule has 2 aromatic rings. The van der Waals surface area contributed by atoms with E-state index < -0.39 is 0 Å². The molecule has 1 aromatic carbocycles. The van der Waals surface area contributed by atoms with Crippen molar-refractivity contribution < 1.29 is 0 Å². The number of halogens is 1. The number of hydrogen-bond donors (Lipinski definition) is 1. The average Bonchev–Trinajstić information content (AvgIpc) is 2.31. The van der Waals surface area contributed by atoms with Gasteiger partial charge in [0.05, 0.1) is 5.02 Å². The second kappa shape index (κ2) is 5.74. The summed E-state index contributed by atoms with van der Waals surface area (Å²) in [7, 11) is 0. The highest BCUT2D eigenvalue weighted by molar-refractivity contribution is 7.99. The van der Waals surface area contributed by atoms with Crippen LogP contribution in [-0.2, 0) is 6.54 Å². The van der Waals surface area contributed by atoms with E-state index in [-0.39, 0.29) is 0 Å². The Bertz CT molecular complexity index is 570. The molecule has 4 heteroatoms. The largest absolute Gasteiger partial charge is 0.326 e. The minimum atomic E-state index is 0.492. The van der Waals surface area contributed by atoms with Gasteiger partial charge in [-0.2, -0.15) is 0 Å². The fourth-order valence-corrected chi connectivity index (χ4v) is 3.19. The highest BCUT2D eigenvalue weighted by Gasteiger charge is 2.10. The van der Waals surface area contributed by atoms with Crippen LogP contribution in [-0.4, -0.2) is 4.98 Å². The second-order valence-electron chi connectivity index (χ2n) is 4.06. The van der Waals surface area contributed by atoms with Crippen LogP contribution in [0.3, 0.4) is 0 Å². The van der Waals surface area contributed by atoms with Crippen LogP contribution in [0.25, 0.3) is 0 Å². The molecule has 18 heavy (non-hydrogen) atoms. The molecule has 0 saturated carbocycles. The molecule has 0 fully saturated rings. The van der Waals surface area contributed by atoms with Crippen LogP contribution >= 0.6 is 23.4 Å². The zero-order valence-electron chi connectivity index (χ0n) is 10.4. The number of pyridine rings is 1. The van der Waals surface area contributed by atoms with Gasteiger partial charge in [-0.25, -0.2) is 0 Å². The molecule has 2 rings (SSSR count). The standard InChI is InChI=1S/C14H15ClN2S/c1-9-7-14(11(8-16)10(2)17-9)18-13-6-4-3-5-12(13)15/h3-7H,8,16H2,1-2H3. The Morgan fingerprint density at radius 2 is 1.94 bits per heavy atom. The van der Waals surface area contributed by atoms with Gasteiger partial charge in [0.2, 0.25) is 0 Å². The van der Waals surface area contributed by atoms with E-state index in [4.69, 9.17) is 17.3 Å². The Labute approximate surface area is 117 Å². The van der Waals surface area contributed by atoms with E-state index >= 15 is 0 Å². The third-order valence-electron chi connectivity index (χ3n) is 2.68. The van der Waals surface area contributed by atoms with Crippen molar-refractivity contribution in [2.45, 2.75) is 30.2 Å². The van der Waals surface area contributed by atoms with Gasteiger partial charge < -0.3 is 5.73 Å². The van der Waals surface area contributed by atoms with E-state index in [2.05, 4.69) is 11.1 Å². The van der Waals surface area contributed by atoms with Crippen molar-refractivity contribution in [3.8, 4) is 0 Å². The highest BCUT2D eigenvalue weighted by atomic mass is 35.5. The quantitative estimate of drug-likeness (QED) is 0.924. The van der Waals surface area contributed by atoms with Crippen LogP contribution in [0.2, 0.25) is 5.02 Å². The van der Waals surface area contributed by atoms with Crippen LogP contribution in [0.4, 0.5) is 0 Å². The molecule has 2 nitrogen and oxygen atoms in total. The van der Waals surface area contributed by atoms with Crippen molar-refractivity contribution in [3.05, 3.63) is 52.3 Å².